The van der Waals surface area contributed by atoms with Gasteiger partial charge in [-0.15, -0.1) is 0 Å². The molecular weight excluding hydrogens is 545 g/mol. The van der Waals surface area contributed by atoms with Gasteiger partial charge in [0, 0.05) is 0 Å². The van der Waals surface area contributed by atoms with Gasteiger partial charge in [0.15, 0.2) is 0 Å². The van der Waals surface area contributed by atoms with Crippen LogP contribution in [0.1, 0.15) is 35.3 Å². The van der Waals surface area contributed by atoms with Gasteiger partial charge in [0.1, 0.15) is 0 Å². The first-order valence-electron chi connectivity index (χ1n) is 11.0. The van der Waals surface area contributed by atoms with E-state index < -0.39 is 5.82 Å². The third kappa shape index (κ3) is 4.88. The van der Waals surface area contributed by atoms with Crippen molar-refractivity contribution in [3.05, 3.63) is 74.2 Å². The maximum atomic E-state index is 14.4. The number of amides is 1. The monoisotopic (exact) mass is 572 g/mol. The van der Waals surface area contributed by atoms with Crippen LogP contribution in [0.25, 0.3) is 0 Å². The van der Waals surface area contributed by atoms with Gasteiger partial charge < -0.3 is 0 Å². The third-order valence-corrected chi connectivity index (χ3v) is 6.71. The topological polar surface area (TPSA) is 77.2 Å². The van der Waals surface area contributed by atoms with E-state index in [1.54, 1.807) is 4.90 Å². The molecule has 0 unspecified atom stereocenters. The number of nitrogens with zero attached hydrogens (tertiary/aromatic N) is 4. The van der Waals surface area contributed by atoms with E-state index in [0.717, 1.165) is 22.4 Å². The molecule has 1 atom stereocenters. The number of nitrogens with one attached hydrogen (secondary N) is 1. The van der Waals surface area contributed by atoms with Gasteiger partial charge in [-0.2, -0.15) is 0 Å². The number of hydrazine groups is 1. The quantitative estimate of drug-likeness (QED) is 0.335. The van der Waals surface area contributed by atoms with E-state index in [9.17, 15) is 9.18 Å². The number of hydrogen-bond donors (Lipinski definition) is 2. The fourth-order valence-electron chi connectivity index (χ4n) is 4.17. The summed E-state index contributed by atoms with van der Waals surface area (Å²) in [6.45, 7) is 2.85. The molecule has 0 spiro atoms. The number of nitrogen functional groups attached to an aromatic ring is 1. The molecule has 2 aliphatic heterocycles. The Labute approximate surface area is 213 Å². The zero-order valence-electron chi connectivity index (χ0n) is 19.5. The van der Waals surface area contributed by atoms with Crippen LogP contribution in [0, 0.1) is 9.39 Å². The van der Waals surface area contributed by atoms with E-state index in [2.05, 4.69) is 66.6 Å². The molecule has 3 N–H and O–H groups in total. The van der Waals surface area contributed by atoms with Crippen LogP contribution in [-0.2, 0) is 0 Å². The van der Waals surface area contributed by atoms with E-state index >= 15 is 0 Å². The van der Waals surface area contributed by atoms with Gasteiger partial charge in [0.25, 0.3) is 0 Å². The first kappa shape index (κ1) is 24.4. The van der Waals surface area contributed by atoms with Gasteiger partial charge in [-0.3, -0.25) is 0 Å². The number of halogens is 2. The Balaban J connectivity index is 1.59. The van der Waals surface area contributed by atoms with Crippen LogP contribution in [0.5, 0.6) is 0 Å². The molecule has 0 radical (unpaired) electrons. The van der Waals surface area contributed by atoms with Crippen molar-refractivity contribution in [1.82, 2.24) is 20.2 Å². The van der Waals surface area contributed by atoms with Crippen molar-refractivity contribution >= 4 is 53.2 Å². The number of nitrogens with two attached hydrogens (primary N) is 1. The number of anilines is 1. The minimum absolute atomic E-state index is 0.0151. The fraction of sp³-hybridized carbons (Fsp3) is 0.292. The summed E-state index contributed by atoms with van der Waals surface area (Å²) in [5.74, 6) is -0.297. The Morgan fingerprint density at radius 1 is 1.26 bits per heavy atom. The van der Waals surface area contributed by atoms with Crippen molar-refractivity contribution in [1.29, 1.82) is 0 Å². The number of carbonyl (C=O) groups excluding carboxylic acids is 1. The summed E-state index contributed by atoms with van der Waals surface area (Å²) >= 11 is 2.29. The Kier molecular flexibility index (Phi) is 7.08. The number of guanidine groups is 1. The van der Waals surface area contributed by atoms with E-state index in [-0.39, 0.29) is 23.2 Å². The van der Waals surface area contributed by atoms with Gasteiger partial charge in [0.2, 0.25) is 0 Å². The molecule has 34 heavy (non-hydrogen) atoms. The van der Waals surface area contributed by atoms with Crippen LogP contribution in [0.2, 0.25) is 0 Å². The molecule has 0 bridgehead atoms. The average Bonchev–Trinajstić information content (AvgIpc) is 2.78. The molecule has 2 aromatic carbocycles. The number of carbonyl (C=O) groups is 1. The first-order chi connectivity index (χ1) is 16.2. The Bertz CT molecular complexity index is 1200. The molecule has 10 heteroatoms. The summed E-state index contributed by atoms with van der Waals surface area (Å²) in [5, 5.41) is 7.32. The van der Waals surface area contributed by atoms with Crippen LogP contribution >= 0.6 is 22.6 Å². The van der Waals surface area contributed by atoms with E-state index in [0.29, 0.717) is 25.5 Å². The number of hydrogen-bond acceptors (Lipinski definition) is 6. The van der Waals surface area contributed by atoms with E-state index in [1.165, 1.54) is 21.8 Å². The van der Waals surface area contributed by atoms with Crippen molar-refractivity contribution in [2.75, 3.05) is 32.9 Å². The summed E-state index contributed by atoms with van der Waals surface area (Å²) < 4.78 is 15.5. The Hall–Kier alpha value is -2.73. The Morgan fingerprint density at radius 3 is 2.62 bits per heavy atom. The van der Waals surface area contributed by atoms with Gasteiger partial charge in [-0.25, -0.2) is 0 Å². The molecule has 7 nitrogen and oxygen atoms in total. The minimum atomic E-state index is -0.615. The molecule has 1 amide bonds. The molecule has 2 aromatic rings. The Morgan fingerprint density at radius 2 is 1.97 bits per heavy atom. The summed E-state index contributed by atoms with van der Waals surface area (Å²) in [7, 11) is 8.15. The molecule has 0 saturated heterocycles. The number of benzene rings is 2. The summed E-state index contributed by atoms with van der Waals surface area (Å²) in [4.78, 5) is 19.6. The summed E-state index contributed by atoms with van der Waals surface area (Å²) in [5.41, 5.74) is 9.58. The molecule has 0 fully saturated rings. The second-order valence-corrected chi connectivity index (χ2v) is 9.85. The fourth-order valence-corrected chi connectivity index (χ4v) is 4.53. The molecule has 2 aliphatic rings. The van der Waals surface area contributed by atoms with Crippen molar-refractivity contribution in [3.63, 3.8) is 0 Å². The second-order valence-electron chi connectivity index (χ2n) is 8.60. The van der Waals surface area contributed by atoms with Crippen molar-refractivity contribution in [3.8, 4) is 0 Å². The molecule has 176 valence electrons. The average molecular weight is 572 g/mol. The second kappa shape index (κ2) is 9.87. The van der Waals surface area contributed by atoms with Crippen LogP contribution in [0.4, 0.5) is 10.1 Å². The van der Waals surface area contributed by atoms with Crippen molar-refractivity contribution in [2.24, 2.45) is 4.99 Å². The van der Waals surface area contributed by atoms with E-state index in [1.807, 2.05) is 24.1 Å². The summed E-state index contributed by atoms with van der Waals surface area (Å²) in [6, 6.07) is 12.5. The number of aliphatic imine (C=N–C) groups is 1. The SMILES string of the molecule is B=C1C2=C(CCN(C(=O)c3ccc(N)cc3F)C2)N=C(N[C@@H](C)c2ccc(I)cc2)N1N(C)C. The zero-order valence-corrected chi connectivity index (χ0v) is 21.6. The zero-order chi connectivity index (χ0) is 24.6. The van der Waals surface area contributed by atoms with Crippen molar-refractivity contribution < 1.29 is 9.18 Å². The molecule has 4 rings (SSSR count). The van der Waals surface area contributed by atoms with Gasteiger partial charge in [0.05, 0.1) is 0 Å². The van der Waals surface area contributed by atoms with Crippen LogP contribution < -0.4 is 11.1 Å². The van der Waals surface area contributed by atoms with E-state index in [4.69, 9.17) is 10.7 Å². The van der Waals surface area contributed by atoms with Crippen LogP contribution in [-0.4, -0.2) is 67.0 Å². The predicted molar refractivity (Wildman–Crippen MR) is 144 cm³/mol. The normalized spacial score (nSPS) is 17.0. The van der Waals surface area contributed by atoms with Crippen LogP contribution in [0.3, 0.4) is 0 Å². The molecule has 0 aromatic heterocycles. The standard InChI is InChI=1S/C24H27BFIN6O/c1-14(15-4-6-16(27)7-5-15)29-24-30-21-10-11-32(13-19(21)22(25)33(24)31(2)3)23(34)18-9-8-17(28)12-20(18)26/h4-9,12,14,25H,10-11,13,28H2,1-3H3,(H,29,30)/t14-/m0/s1. The molecule has 2 heterocycles. The number of rotatable bonds is 4. The van der Waals surface area contributed by atoms with Gasteiger partial charge in [-0.05, 0) is 0 Å². The maximum absolute atomic E-state index is 14.4. The third-order valence-electron chi connectivity index (χ3n) is 5.99. The van der Waals surface area contributed by atoms with Crippen molar-refractivity contribution in [2.45, 2.75) is 19.4 Å². The molecule has 0 saturated carbocycles. The molecular formula is C24H27BFIN6O. The van der Waals surface area contributed by atoms with Gasteiger partial charge >= 0.3 is 214 Å². The summed E-state index contributed by atoms with van der Waals surface area (Å²) in [6.07, 6.45) is 0.557. The molecule has 0 aliphatic carbocycles. The predicted octanol–water partition coefficient (Wildman–Crippen LogP) is 2.64. The first-order valence-corrected chi connectivity index (χ1v) is 12.1. The van der Waals surface area contributed by atoms with Gasteiger partial charge in [-0.1, -0.05) is 0 Å². The van der Waals surface area contributed by atoms with Crippen LogP contribution in [0.15, 0.2) is 58.7 Å².